The molecule has 2 aromatic carbocycles. The highest BCUT2D eigenvalue weighted by Gasteiger charge is 2.13. The highest BCUT2D eigenvalue weighted by atomic mass is 16.5. The van der Waals surface area contributed by atoms with Crippen LogP contribution in [-0.4, -0.2) is 40.3 Å². The number of carbonyl (C=O) groups excluding carboxylic acids is 1. The molecular formula is C25H32N2O4. The maximum atomic E-state index is 12.3. The van der Waals surface area contributed by atoms with Crippen LogP contribution in [-0.2, 0) is 11.3 Å². The van der Waals surface area contributed by atoms with Crippen molar-refractivity contribution < 1.29 is 19.0 Å². The fourth-order valence-electron chi connectivity index (χ4n) is 3.78. The Balaban J connectivity index is 1.57. The monoisotopic (exact) mass is 424 g/mol. The van der Waals surface area contributed by atoms with E-state index in [1.54, 1.807) is 27.4 Å². The van der Waals surface area contributed by atoms with Crippen molar-refractivity contribution in [2.45, 2.75) is 32.2 Å². The van der Waals surface area contributed by atoms with E-state index in [9.17, 15) is 4.79 Å². The van der Waals surface area contributed by atoms with Gasteiger partial charge in [0, 0.05) is 31.4 Å². The predicted octanol–water partition coefficient (Wildman–Crippen LogP) is 4.42. The fourth-order valence-corrected chi connectivity index (χ4v) is 3.78. The number of amides is 1. The summed E-state index contributed by atoms with van der Waals surface area (Å²) in [7, 11) is 4.70. The van der Waals surface area contributed by atoms with Crippen LogP contribution < -0.4 is 24.4 Å². The summed E-state index contributed by atoms with van der Waals surface area (Å²) in [5, 5.41) is 2.89. The molecule has 0 spiro atoms. The molecule has 1 aliphatic rings. The third-order valence-corrected chi connectivity index (χ3v) is 5.48. The van der Waals surface area contributed by atoms with Crippen molar-refractivity contribution in [3.8, 4) is 17.2 Å². The second-order valence-electron chi connectivity index (χ2n) is 7.58. The molecule has 0 unspecified atom stereocenters. The molecular weight excluding hydrogens is 392 g/mol. The lowest BCUT2D eigenvalue weighted by atomic mass is 10.1. The van der Waals surface area contributed by atoms with E-state index in [0.717, 1.165) is 24.2 Å². The van der Waals surface area contributed by atoms with Gasteiger partial charge in [-0.15, -0.1) is 0 Å². The zero-order valence-electron chi connectivity index (χ0n) is 18.6. The molecule has 0 aromatic heterocycles. The summed E-state index contributed by atoms with van der Waals surface area (Å²) in [6.07, 6.45) is 8.54. The van der Waals surface area contributed by atoms with Gasteiger partial charge in [-0.2, -0.15) is 0 Å². The molecule has 1 N–H and O–H groups in total. The summed E-state index contributed by atoms with van der Waals surface area (Å²) in [4.78, 5) is 14.7. The van der Waals surface area contributed by atoms with Crippen LogP contribution >= 0.6 is 0 Å². The number of anilines is 1. The second-order valence-corrected chi connectivity index (χ2v) is 7.58. The maximum absolute atomic E-state index is 12.3. The SMILES string of the molecule is COc1cc(CNC(=O)/C=C/c2ccc(N3CCCCCC3)cc2)cc(OC)c1OC. The largest absolute Gasteiger partial charge is 0.493 e. The molecule has 6 nitrogen and oxygen atoms in total. The molecule has 0 radical (unpaired) electrons. The van der Waals surface area contributed by atoms with Crippen molar-refractivity contribution >= 4 is 17.7 Å². The Kier molecular flexibility index (Phi) is 8.21. The highest BCUT2D eigenvalue weighted by molar-refractivity contribution is 5.91. The van der Waals surface area contributed by atoms with E-state index in [2.05, 4.69) is 34.5 Å². The van der Waals surface area contributed by atoms with Crippen LogP contribution in [0.4, 0.5) is 5.69 Å². The zero-order chi connectivity index (χ0) is 22.1. The van der Waals surface area contributed by atoms with Crippen LogP contribution in [0.5, 0.6) is 17.2 Å². The van der Waals surface area contributed by atoms with Gasteiger partial charge in [0.2, 0.25) is 11.7 Å². The van der Waals surface area contributed by atoms with Gasteiger partial charge in [0.05, 0.1) is 21.3 Å². The van der Waals surface area contributed by atoms with Crippen LogP contribution in [0.2, 0.25) is 0 Å². The zero-order valence-corrected chi connectivity index (χ0v) is 18.6. The van der Waals surface area contributed by atoms with Gasteiger partial charge in [-0.25, -0.2) is 0 Å². The number of hydrogen-bond acceptors (Lipinski definition) is 5. The maximum Gasteiger partial charge on any atom is 0.244 e. The van der Waals surface area contributed by atoms with Gasteiger partial charge in [-0.3, -0.25) is 4.79 Å². The predicted molar refractivity (Wildman–Crippen MR) is 124 cm³/mol. The first-order valence-corrected chi connectivity index (χ1v) is 10.7. The van der Waals surface area contributed by atoms with Crippen LogP contribution in [0.1, 0.15) is 36.8 Å². The number of hydrogen-bond donors (Lipinski definition) is 1. The summed E-state index contributed by atoms with van der Waals surface area (Å²) in [6, 6.07) is 12.0. The van der Waals surface area contributed by atoms with Crippen molar-refractivity contribution in [3.05, 3.63) is 53.6 Å². The van der Waals surface area contributed by atoms with Gasteiger partial charge >= 0.3 is 0 Å². The smallest absolute Gasteiger partial charge is 0.244 e. The van der Waals surface area contributed by atoms with Gasteiger partial charge in [-0.05, 0) is 54.3 Å². The number of methoxy groups -OCH3 is 3. The van der Waals surface area contributed by atoms with Crippen LogP contribution in [0, 0.1) is 0 Å². The minimum absolute atomic E-state index is 0.162. The molecule has 1 saturated heterocycles. The molecule has 1 heterocycles. The van der Waals surface area contributed by atoms with Gasteiger partial charge in [0.25, 0.3) is 0 Å². The summed E-state index contributed by atoms with van der Waals surface area (Å²) in [6.45, 7) is 2.60. The van der Waals surface area contributed by atoms with Gasteiger partial charge in [-0.1, -0.05) is 25.0 Å². The molecule has 0 saturated carbocycles. The first-order valence-electron chi connectivity index (χ1n) is 10.7. The molecule has 2 aromatic rings. The second kappa shape index (κ2) is 11.3. The molecule has 3 rings (SSSR count). The molecule has 6 heteroatoms. The number of benzene rings is 2. The quantitative estimate of drug-likeness (QED) is 0.636. The summed E-state index contributed by atoms with van der Waals surface area (Å²) >= 11 is 0. The van der Waals surface area contributed by atoms with Gasteiger partial charge < -0.3 is 24.4 Å². The molecule has 1 aliphatic heterocycles. The number of ether oxygens (including phenoxy) is 3. The molecule has 0 atom stereocenters. The third kappa shape index (κ3) is 6.17. The molecule has 1 fully saturated rings. The molecule has 1 amide bonds. The van der Waals surface area contributed by atoms with E-state index < -0.39 is 0 Å². The Bertz CT molecular complexity index is 860. The van der Waals surface area contributed by atoms with E-state index in [0.29, 0.717) is 23.8 Å². The summed E-state index contributed by atoms with van der Waals surface area (Å²) in [5.41, 5.74) is 3.12. The summed E-state index contributed by atoms with van der Waals surface area (Å²) < 4.78 is 16.0. The number of carbonyl (C=O) groups is 1. The third-order valence-electron chi connectivity index (χ3n) is 5.48. The Morgan fingerprint density at radius 3 is 2.10 bits per heavy atom. The topological polar surface area (TPSA) is 60.0 Å². The van der Waals surface area contributed by atoms with E-state index in [-0.39, 0.29) is 5.91 Å². The summed E-state index contributed by atoms with van der Waals surface area (Å²) in [5.74, 6) is 1.49. The first kappa shape index (κ1) is 22.5. The average molecular weight is 425 g/mol. The van der Waals surface area contributed by atoms with Crippen molar-refractivity contribution in [2.24, 2.45) is 0 Å². The van der Waals surface area contributed by atoms with E-state index >= 15 is 0 Å². The van der Waals surface area contributed by atoms with Crippen LogP contribution in [0.25, 0.3) is 6.08 Å². The lowest BCUT2D eigenvalue weighted by molar-refractivity contribution is -0.116. The Morgan fingerprint density at radius 1 is 0.935 bits per heavy atom. The van der Waals surface area contributed by atoms with Gasteiger partial charge in [0.15, 0.2) is 11.5 Å². The molecule has 166 valence electrons. The van der Waals surface area contributed by atoms with E-state index in [1.807, 2.05) is 18.2 Å². The van der Waals surface area contributed by atoms with Crippen molar-refractivity contribution in [1.29, 1.82) is 0 Å². The van der Waals surface area contributed by atoms with Gasteiger partial charge in [0.1, 0.15) is 0 Å². The number of nitrogens with zero attached hydrogens (tertiary/aromatic N) is 1. The lowest BCUT2D eigenvalue weighted by Gasteiger charge is -2.22. The minimum Gasteiger partial charge on any atom is -0.493 e. The number of rotatable bonds is 8. The molecule has 0 bridgehead atoms. The van der Waals surface area contributed by atoms with E-state index in [1.165, 1.54) is 31.4 Å². The Morgan fingerprint density at radius 2 is 1.55 bits per heavy atom. The lowest BCUT2D eigenvalue weighted by Crippen LogP contribution is -2.23. The van der Waals surface area contributed by atoms with Crippen molar-refractivity contribution in [1.82, 2.24) is 5.32 Å². The average Bonchev–Trinajstić information content (AvgIpc) is 3.10. The first-order chi connectivity index (χ1) is 15.1. The van der Waals surface area contributed by atoms with Crippen molar-refractivity contribution in [3.63, 3.8) is 0 Å². The normalized spacial score (nSPS) is 14.2. The van der Waals surface area contributed by atoms with E-state index in [4.69, 9.17) is 14.2 Å². The minimum atomic E-state index is -0.162. The van der Waals surface area contributed by atoms with Crippen LogP contribution in [0.15, 0.2) is 42.5 Å². The highest BCUT2D eigenvalue weighted by Crippen LogP contribution is 2.38. The molecule has 31 heavy (non-hydrogen) atoms. The molecule has 0 aliphatic carbocycles. The Hall–Kier alpha value is -3.15. The standard InChI is InChI=1S/C25H32N2O4/c1-29-22-16-20(17-23(30-2)25(22)31-3)18-26-24(28)13-10-19-8-11-21(12-9-19)27-14-6-4-5-7-15-27/h8-13,16-17H,4-7,14-15,18H2,1-3H3,(H,26,28)/b13-10+. The van der Waals surface area contributed by atoms with Crippen LogP contribution in [0.3, 0.4) is 0 Å². The van der Waals surface area contributed by atoms with Crippen molar-refractivity contribution in [2.75, 3.05) is 39.3 Å². The Labute approximate surface area is 184 Å². The number of nitrogens with one attached hydrogen (secondary N) is 1. The fraction of sp³-hybridized carbons (Fsp3) is 0.400.